The van der Waals surface area contributed by atoms with Crippen LogP contribution in [0.1, 0.15) is 23.4 Å². The number of rotatable bonds is 7. The standard InChI is InChI=1S/C20H27N3O4/c1-15-12-17(27-21-15)14-22-8-10-23(11-9-22)20(24)7-5-16-4-6-18(25-2)19(13-16)26-3/h4,6,12-13H,5,7-11,14H2,1-3H3. The Morgan fingerprint density at radius 1 is 1.11 bits per heavy atom. The van der Waals surface area contributed by atoms with E-state index < -0.39 is 0 Å². The maximum atomic E-state index is 12.5. The maximum Gasteiger partial charge on any atom is 0.222 e. The zero-order valence-electron chi connectivity index (χ0n) is 16.2. The van der Waals surface area contributed by atoms with Crippen LogP contribution in [0.4, 0.5) is 0 Å². The van der Waals surface area contributed by atoms with Crippen molar-refractivity contribution in [3.63, 3.8) is 0 Å². The zero-order chi connectivity index (χ0) is 19.2. The van der Waals surface area contributed by atoms with Gasteiger partial charge >= 0.3 is 0 Å². The number of methoxy groups -OCH3 is 2. The summed E-state index contributed by atoms with van der Waals surface area (Å²) in [5.74, 6) is 2.46. The van der Waals surface area contributed by atoms with Gasteiger partial charge in [-0.25, -0.2) is 0 Å². The second-order valence-corrected chi connectivity index (χ2v) is 6.78. The third kappa shape index (κ3) is 5.01. The van der Waals surface area contributed by atoms with E-state index in [1.54, 1.807) is 14.2 Å². The van der Waals surface area contributed by atoms with E-state index in [1.807, 2.05) is 36.1 Å². The Morgan fingerprint density at radius 3 is 2.48 bits per heavy atom. The predicted molar refractivity (Wildman–Crippen MR) is 101 cm³/mol. The molecular weight excluding hydrogens is 346 g/mol. The SMILES string of the molecule is COc1ccc(CCC(=O)N2CCN(Cc3cc(C)no3)CC2)cc1OC. The summed E-state index contributed by atoms with van der Waals surface area (Å²) in [5.41, 5.74) is 1.97. The number of carbonyl (C=O) groups excluding carboxylic acids is 1. The second-order valence-electron chi connectivity index (χ2n) is 6.78. The third-order valence-corrected chi connectivity index (χ3v) is 4.86. The molecule has 2 heterocycles. The maximum absolute atomic E-state index is 12.5. The summed E-state index contributed by atoms with van der Waals surface area (Å²) in [5, 5.41) is 3.92. The number of hydrogen-bond donors (Lipinski definition) is 0. The summed E-state index contributed by atoms with van der Waals surface area (Å²) < 4.78 is 15.8. The number of aryl methyl sites for hydroxylation is 2. The van der Waals surface area contributed by atoms with Crippen molar-refractivity contribution in [3.8, 4) is 11.5 Å². The van der Waals surface area contributed by atoms with Crippen molar-refractivity contribution in [2.45, 2.75) is 26.3 Å². The summed E-state index contributed by atoms with van der Waals surface area (Å²) in [4.78, 5) is 16.8. The average molecular weight is 373 g/mol. The molecule has 1 aliphatic rings. The van der Waals surface area contributed by atoms with Gasteiger partial charge in [-0.2, -0.15) is 0 Å². The van der Waals surface area contributed by atoms with Crippen LogP contribution in [-0.2, 0) is 17.8 Å². The minimum Gasteiger partial charge on any atom is -0.493 e. The molecule has 2 aromatic rings. The van der Waals surface area contributed by atoms with Crippen molar-refractivity contribution in [1.29, 1.82) is 0 Å². The summed E-state index contributed by atoms with van der Waals surface area (Å²) in [7, 11) is 3.23. The molecule has 1 aromatic carbocycles. The van der Waals surface area contributed by atoms with E-state index >= 15 is 0 Å². The van der Waals surface area contributed by atoms with Gasteiger partial charge < -0.3 is 18.9 Å². The summed E-state index contributed by atoms with van der Waals surface area (Å²) in [6.45, 7) is 5.86. The molecule has 0 aliphatic carbocycles. The Kier molecular flexibility index (Phi) is 6.34. The van der Waals surface area contributed by atoms with Crippen LogP contribution in [-0.4, -0.2) is 61.3 Å². The van der Waals surface area contributed by atoms with E-state index in [9.17, 15) is 4.79 Å². The van der Waals surface area contributed by atoms with Crippen molar-refractivity contribution in [2.75, 3.05) is 40.4 Å². The Hall–Kier alpha value is -2.54. The first-order chi connectivity index (χ1) is 13.1. The molecule has 0 spiro atoms. The number of ether oxygens (including phenoxy) is 2. The number of hydrogen-bond acceptors (Lipinski definition) is 6. The van der Waals surface area contributed by atoms with Crippen molar-refractivity contribution in [3.05, 3.63) is 41.3 Å². The lowest BCUT2D eigenvalue weighted by Crippen LogP contribution is -2.48. The lowest BCUT2D eigenvalue weighted by Gasteiger charge is -2.34. The highest BCUT2D eigenvalue weighted by Gasteiger charge is 2.21. The topological polar surface area (TPSA) is 68.0 Å². The molecule has 1 amide bonds. The van der Waals surface area contributed by atoms with Crippen LogP contribution in [0, 0.1) is 6.92 Å². The van der Waals surface area contributed by atoms with E-state index in [-0.39, 0.29) is 5.91 Å². The fourth-order valence-electron chi connectivity index (χ4n) is 3.31. The minimum atomic E-state index is 0.194. The van der Waals surface area contributed by atoms with Gasteiger partial charge in [0.1, 0.15) is 0 Å². The van der Waals surface area contributed by atoms with Gasteiger partial charge in [0.05, 0.1) is 26.5 Å². The highest BCUT2D eigenvalue weighted by Crippen LogP contribution is 2.28. The lowest BCUT2D eigenvalue weighted by molar-refractivity contribution is -0.133. The van der Waals surface area contributed by atoms with E-state index in [0.717, 1.165) is 49.7 Å². The molecule has 0 bridgehead atoms. The number of aromatic nitrogens is 1. The van der Waals surface area contributed by atoms with Gasteiger partial charge in [-0.3, -0.25) is 9.69 Å². The van der Waals surface area contributed by atoms with Crippen molar-refractivity contribution < 1.29 is 18.8 Å². The van der Waals surface area contributed by atoms with Crippen LogP contribution >= 0.6 is 0 Å². The van der Waals surface area contributed by atoms with Crippen molar-refractivity contribution >= 4 is 5.91 Å². The lowest BCUT2D eigenvalue weighted by atomic mass is 10.1. The van der Waals surface area contributed by atoms with Crippen molar-refractivity contribution in [2.24, 2.45) is 0 Å². The molecule has 0 saturated carbocycles. The van der Waals surface area contributed by atoms with Crippen LogP contribution < -0.4 is 9.47 Å². The Bertz CT molecular complexity index is 766. The van der Waals surface area contributed by atoms with Crippen molar-refractivity contribution in [1.82, 2.24) is 15.0 Å². The Labute approximate surface area is 159 Å². The smallest absolute Gasteiger partial charge is 0.222 e. The summed E-state index contributed by atoms with van der Waals surface area (Å²) in [6, 6.07) is 7.75. The van der Waals surface area contributed by atoms with Crippen LogP contribution in [0.3, 0.4) is 0 Å². The van der Waals surface area contributed by atoms with Gasteiger partial charge in [0, 0.05) is 38.7 Å². The molecule has 0 unspecified atom stereocenters. The first-order valence-corrected chi connectivity index (χ1v) is 9.22. The number of benzene rings is 1. The fourth-order valence-corrected chi connectivity index (χ4v) is 3.31. The van der Waals surface area contributed by atoms with Gasteiger partial charge in [-0.05, 0) is 31.0 Å². The monoisotopic (exact) mass is 373 g/mol. The number of carbonyl (C=O) groups is 1. The molecule has 146 valence electrons. The van der Waals surface area contributed by atoms with Crippen LogP contribution in [0.5, 0.6) is 11.5 Å². The van der Waals surface area contributed by atoms with Gasteiger partial charge in [0.2, 0.25) is 5.91 Å². The van der Waals surface area contributed by atoms with E-state index in [0.29, 0.717) is 24.3 Å². The molecular formula is C20H27N3O4. The quantitative estimate of drug-likeness (QED) is 0.742. The van der Waals surface area contributed by atoms with E-state index in [4.69, 9.17) is 14.0 Å². The molecule has 1 fully saturated rings. The first-order valence-electron chi connectivity index (χ1n) is 9.22. The number of nitrogens with zero attached hydrogens (tertiary/aromatic N) is 3. The second kappa shape index (κ2) is 8.90. The molecule has 7 heteroatoms. The van der Waals surface area contributed by atoms with Gasteiger partial charge in [0.15, 0.2) is 17.3 Å². The zero-order valence-corrected chi connectivity index (χ0v) is 16.2. The van der Waals surface area contributed by atoms with E-state index in [1.165, 1.54) is 0 Å². The van der Waals surface area contributed by atoms with Crippen LogP contribution in [0.15, 0.2) is 28.8 Å². The molecule has 0 atom stereocenters. The largest absolute Gasteiger partial charge is 0.493 e. The van der Waals surface area contributed by atoms with Gasteiger partial charge in [0.25, 0.3) is 0 Å². The fraction of sp³-hybridized carbons (Fsp3) is 0.500. The normalized spacial score (nSPS) is 15.0. The molecule has 1 aliphatic heterocycles. The minimum absolute atomic E-state index is 0.194. The molecule has 3 rings (SSSR count). The summed E-state index contributed by atoms with van der Waals surface area (Å²) >= 11 is 0. The average Bonchev–Trinajstić information content (AvgIpc) is 3.11. The highest BCUT2D eigenvalue weighted by molar-refractivity contribution is 5.76. The van der Waals surface area contributed by atoms with Gasteiger partial charge in [-0.15, -0.1) is 0 Å². The molecule has 1 aromatic heterocycles. The van der Waals surface area contributed by atoms with Crippen LogP contribution in [0.2, 0.25) is 0 Å². The Morgan fingerprint density at radius 2 is 1.85 bits per heavy atom. The molecule has 27 heavy (non-hydrogen) atoms. The molecule has 7 nitrogen and oxygen atoms in total. The van der Waals surface area contributed by atoms with E-state index in [2.05, 4.69) is 10.1 Å². The number of amides is 1. The molecule has 0 N–H and O–H groups in total. The van der Waals surface area contributed by atoms with Gasteiger partial charge in [-0.1, -0.05) is 11.2 Å². The van der Waals surface area contributed by atoms with Crippen LogP contribution in [0.25, 0.3) is 0 Å². The predicted octanol–water partition coefficient (Wildman–Crippen LogP) is 2.28. The highest BCUT2D eigenvalue weighted by atomic mass is 16.5. The molecule has 1 saturated heterocycles. The number of piperazine rings is 1. The molecule has 0 radical (unpaired) electrons. The first kappa shape index (κ1) is 19.2. The summed E-state index contributed by atoms with van der Waals surface area (Å²) in [6.07, 6.45) is 1.19. The third-order valence-electron chi connectivity index (χ3n) is 4.86. The Balaban J connectivity index is 1.45.